The molecule has 1 atom stereocenters. The number of aryl methyl sites for hydroxylation is 1. The highest BCUT2D eigenvalue weighted by Gasteiger charge is 2.17. The molecular weight excluding hydrogens is 290 g/mol. The molecule has 0 saturated carbocycles. The molecule has 6 heteroatoms. The second kappa shape index (κ2) is 9.37. The maximum atomic E-state index is 11.7. The van der Waals surface area contributed by atoms with Crippen LogP contribution >= 0.6 is 12.4 Å². The lowest BCUT2D eigenvalue weighted by atomic mass is 10.1. The van der Waals surface area contributed by atoms with Gasteiger partial charge in [0.2, 0.25) is 11.8 Å². The maximum Gasteiger partial charge on any atom is 0.239 e. The molecule has 0 aliphatic carbocycles. The average Bonchev–Trinajstić information content (AvgIpc) is 2.42. The van der Waals surface area contributed by atoms with E-state index in [0.29, 0.717) is 6.54 Å². The molecule has 0 aromatic heterocycles. The zero-order valence-corrected chi connectivity index (χ0v) is 13.5. The van der Waals surface area contributed by atoms with Crippen LogP contribution in [0.1, 0.15) is 25.0 Å². The Bertz CT molecular complexity index is 478. The SMILES string of the molecule is Cc1ccccc1CNC(=O)CNC(=O)[C@@H](N)C(C)C.Cl. The summed E-state index contributed by atoms with van der Waals surface area (Å²) in [6.45, 7) is 6.12. The first-order valence-electron chi connectivity index (χ1n) is 6.76. The summed E-state index contributed by atoms with van der Waals surface area (Å²) in [7, 11) is 0. The minimum absolute atomic E-state index is 0. The van der Waals surface area contributed by atoms with Crippen LogP contribution in [0.5, 0.6) is 0 Å². The van der Waals surface area contributed by atoms with Crippen LogP contribution in [0.25, 0.3) is 0 Å². The topological polar surface area (TPSA) is 84.2 Å². The molecule has 5 nitrogen and oxygen atoms in total. The Morgan fingerprint density at radius 2 is 1.81 bits per heavy atom. The first kappa shape index (κ1) is 19.4. The van der Waals surface area contributed by atoms with Crippen molar-refractivity contribution in [2.75, 3.05) is 6.54 Å². The van der Waals surface area contributed by atoms with Crippen molar-refractivity contribution in [3.63, 3.8) is 0 Å². The number of nitrogens with one attached hydrogen (secondary N) is 2. The summed E-state index contributed by atoms with van der Waals surface area (Å²) in [5, 5.41) is 5.31. The van der Waals surface area contributed by atoms with Crippen molar-refractivity contribution in [3.05, 3.63) is 35.4 Å². The lowest BCUT2D eigenvalue weighted by Crippen LogP contribution is -2.47. The number of hydrogen-bond acceptors (Lipinski definition) is 3. The molecule has 0 aliphatic rings. The van der Waals surface area contributed by atoms with Gasteiger partial charge < -0.3 is 16.4 Å². The lowest BCUT2D eigenvalue weighted by molar-refractivity contribution is -0.127. The van der Waals surface area contributed by atoms with Gasteiger partial charge in [-0.3, -0.25) is 9.59 Å². The molecule has 21 heavy (non-hydrogen) atoms. The molecule has 0 fully saturated rings. The Kier molecular flexibility index (Phi) is 8.66. The molecule has 1 aromatic carbocycles. The molecule has 0 radical (unpaired) electrons. The quantitative estimate of drug-likeness (QED) is 0.736. The van der Waals surface area contributed by atoms with Gasteiger partial charge >= 0.3 is 0 Å². The third-order valence-electron chi connectivity index (χ3n) is 3.18. The smallest absolute Gasteiger partial charge is 0.239 e. The normalized spacial score (nSPS) is 11.5. The van der Waals surface area contributed by atoms with Crippen LogP contribution in [0.4, 0.5) is 0 Å². The molecule has 1 rings (SSSR count). The van der Waals surface area contributed by atoms with Crippen molar-refractivity contribution in [2.24, 2.45) is 11.7 Å². The molecule has 0 heterocycles. The predicted octanol–water partition coefficient (Wildman–Crippen LogP) is 1.13. The Hall–Kier alpha value is -1.59. The van der Waals surface area contributed by atoms with E-state index in [1.165, 1.54) is 0 Å². The van der Waals surface area contributed by atoms with Gasteiger partial charge in [0.15, 0.2) is 0 Å². The fourth-order valence-corrected chi connectivity index (χ4v) is 1.65. The zero-order valence-electron chi connectivity index (χ0n) is 12.7. The van der Waals surface area contributed by atoms with Crippen molar-refractivity contribution >= 4 is 24.2 Å². The summed E-state index contributed by atoms with van der Waals surface area (Å²) >= 11 is 0. The molecule has 1 aromatic rings. The van der Waals surface area contributed by atoms with Gasteiger partial charge in [-0.25, -0.2) is 0 Å². The van der Waals surface area contributed by atoms with E-state index in [-0.39, 0.29) is 36.7 Å². The van der Waals surface area contributed by atoms with Crippen LogP contribution in [-0.4, -0.2) is 24.4 Å². The summed E-state index contributed by atoms with van der Waals surface area (Å²) in [6.07, 6.45) is 0. The van der Waals surface area contributed by atoms with E-state index in [4.69, 9.17) is 5.73 Å². The summed E-state index contributed by atoms with van der Waals surface area (Å²) in [6, 6.07) is 7.25. The zero-order chi connectivity index (χ0) is 15.1. The minimum Gasteiger partial charge on any atom is -0.350 e. The van der Waals surface area contributed by atoms with Crippen LogP contribution in [0.3, 0.4) is 0 Å². The second-order valence-corrected chi connectivity index (χ2v) is 5.19. The number of halogens is 1. The Balaban J connectivity index is 0.00000400. The van der Waals surface area contributed by atoms with Gasteiger partial charge in [-0.15, -0.1) is 12.4 Å². The molecular formula is C15H24ClN3O2. The van der Waals surface area contributed by atoms with Crippen molar-refractivity contribution < 1.29 is 9.59 Å². The van der Waals surface area contributed by atoms with E-state index in [0.717, 1.165) is 11.1 Å². The van der Waals surface area contributed by atoms with E-state index in [1.54, 1.807) is 0 Å². The monoisotopic (exact) mass is 313 g/mol. The van der Waals surface area contributed by atoms with Crippen LogP contribution in [-0.2, 0) is 16.1 Å². The standard InChI is InChI=1S/C15H23N3O2.ClH/c1-10(2)14(16)15(20)18-9-13(19)17-8-12-7-5-4-6-11(12)3;/h4-7,10,14H,8-9,16H2,1-3H3,(H,17,19)(H,18,20);1H/t14-;/m0./s1. The first-order valence-corrected chi connectivity index (χ1v) is 6.76. The molecule has 2 amide bonds. The van der Waals surface area contributed by atoms with Crippen LogP contribution in [0.15, 0.2) is 24.3 Å². The average molecular weight is 314 g/mol. The summed E-state index contributed by atoms with van der Waals surface area (Å²) in [5.74, 6) is -0.478. The number of carbonyl (C=O) groups excluding carboxylic acids is 2. The van der Waals surface area contributed by atoms with Gasteiger partial charge in [0, 0.05) is 6.54 Å². The van der Waals surface area contributed by atoms with Crippen LogP contribution in [0, 0.1) is 12.8 Å². The highest BCUT2D eigenvalue weighted by atomic mass is 35.5. The summed E-state index contributed by atoms with van der Waals surface area (Å²) in [5.41, 5.74) is 7.87. The van der Waals surface area contributed by atoms with Crippen molar-refractivity contribution in [1.82, 2.24) is 10.6 Å². The van der Waals surface area contributed by atoms with Crippen LogP contribution < -0.4 is 16.4 Å². The van der Waals surface area contributed by atoms with Crippen LogP contribution in [0.2, 0.25) is 0 Å². The molecule has 118 valence electrons. The fourth-order valence-electron chi connectivity index (χ4n) is 1.65. The van der Waals surface area contributed by atoms with Crippen molar-refractivity contribution in [3.8, 4) is 0 Å². The summed E-state index contributed by atoms with van der Waals surface area (Å²) in [4.78, 5) is 23.3. The predicted molar refractivity (Wildman–Crippen MR) is 86.1 cm³/mol. The van der Waals surface area contributed by atoms with E-state index >= 15 is 0 Å². The van der Waals surface area contributed by atoms with Gasteiger partial charge in [0.1, 0.15) is 0 Å². The van der Waals surface area contributed by atoms with Gasteiger partial charge in [-0.05, 0) is 24.0 Å². The van der Waals surface area contributed by atoms with Gasteiger partial charge in [0.25, 0.3) is 0 Å². The van der Waals surface area contributed by atoms with E-state index in [9.17, 15) is 9.59 Å². The first-order chi connectivity index (χ1) is 9.41. The van der Waals surface area contributed by atoms with Crippen molar-refractivity contribution in [1.29, 1.82) is 0 Å². The number of hydrogen-bond donors (Lipinski definition) is 3. The number of rotatable bonds is 6. The number of amides is 2. The molecule has 0 aliphatic heterocycles. The molecule has 0 saturated heterocycles. The highest BCUT2D eigenvalue weighted by molar-refractivity contribution is 5.87. The van der Waals surface area contributed by atoms with E-state index < -0.39 is 6.04 Å². The third-order valence-corrected chi connectivity index (χ3v) is 3.18. The Morgan fingerprint density at radius 1 is 1.19 bits per heavy atom. The minimum atomic E-state index is -0.584. The highest BCUT2D eigenvalue weighted by Crippen LogP contribution is 2.05. The van der Waals surface area contributed by atoms with E-state index in [2.05, 4.69) is 10.6 Å². The second-order valence-electron chi connectivity index (χ2n) is 5.19. The van der Waals surface area contributed by atoms with Gasteiger partial charge in [-0.2, -0.15) is 0 Å². The van der Waals surface area contributed by atoms with Gasteiger partial charge in [-0.1, -0.05) is 38.1 Å². The Morgan fingerprint density at radius 3 is 2.38 bits per heavy atom. The van der Waals surface area contributed by atoms with E-state index in [1.807, 2.05) is 45.0 Å². The number of carbonyl (C=O) groups is 2. The molecule has 0 spiro atoms. The summed E-state index contributed by atoms with van der Waals surface area (Å²) < 4.78 is 0. The third kappa shape index (κ3) is 6.60. The molecule has 4 N–H and O–H groups in total. The lowest BCUT2D eigenvalue weighted by Gasteiger charge is -2.15. The number of nitrogens with two attached hydrogens (primary N) is 1. The number of benzene rings is 1. The molecule has 0 unspecified atom stereocenters. The van der Waals surface area contributed by atoms with Crippen molar-refractivity contribution in [2.45, 2.75) is 33.4 Å². The largest absolute Gasteiger partial charge is 0.350 e. The fraction of sp³-hybridized carbons (Fsp3) is 0.467. The molecule has 0 bridgehead atoms. The maximum absolute atomic E-state index is 11.7. The Labute approximate surface area is 132 Å². The van der Waals surface area contributed by atoms with Gasteiger partial charge in [0.05, 0.1) is 12.6 Å².